The van der Waals surface area contributed by atoms with Gasteiger partial charge < -0.3 is 14.4 Å². The first-order valence-electron chi connectivity index (χ1n) is 23.0. The minimum absolute atomic E-state index is 0.0421. The zero-order valence-corrected chi connectivity index (χ0v) is 38.1. The highest BCUT2D eigenvalue weighted by Gasteiger charge is 2.23. The van der Waals surface area contributed by atoms with E-state index in [0.717, 1.165) is 45.2 Å². The first-order chi connectivity index (χ1) is 32.4. The summed E-state index contributed by atoms with van der Waals surface area (Å²) in [5, 5.41) is 10.2. The highest BCUT2D eigenvalue weighted by Crippen LogP contribution is 2.44. The second-order valence-corrected chi connectivity index (χ2v) is 17.2. The fraction of sp³-hybridized carbons (Fsp3) is 0.115. The Hall–Kier alpha value is -7.70. The summed E-state index contributed by atoms with van der Waals surface area (Å²) in [7, 11) is 0. The Morgan fingerprint density at radius 3 is 1.24 bits per heavy atom. The number of nitrogens with one attached hydrogen (secondary N) is 2. The average molecular weight is 858 g/mol. The molecule has 0 aliphatic rings. The van der Waals surface area contributed by atoms with Gasteiger partial charge in [-0.25, -0.2) is 0 Å². The van der Waals surface area contributed by atoms with E-state index in [1.807, 2.05) is 0 Å². The number of hydrogen-bond acceptors (Lipinski definition) is 4. The Balaban J connectivity index is 1.11. The lowest BCUT2D eigenvalue weighted by Crippen LogP contribution is -2.35. The van der Waals surface area contributed by atoms with Crippen LogP contribution < -0.4 is 20.4 Å². The quantitative estimate of drug-likeness (QED) is 0.107. The third-order valence-corrected chi connectivity index (χ3v) is 13.0. The fourth-order valence-electron chi connectivity index (χ4n) is 9.62. The van der Waals surface area contributed by atoms with E-state index in [0.29, 0.717) is 6.54 Å². The van der Waals surface area contributed by atoms with Crippen LogP contribution in [-0.2, 0) is 6.54 Å². The molecule has 0 spiro atoms. The largest absolute Gasteiger partial charge is 0.310 e. The molecule has 0 saturated heterocycles. The third-order valence-electron chi connectivity index (χ3n) is 13.0. The van der Waals surface area contributed by atoms with E-state index in [1.54, 1.807) is 0 Å². The molecule has 5 nitrogen and oxygen atoms in total. The number of rotatable bonds is 14. The molecule has 0 amide bonds. The molecule has 5 heteroatoms. The highest BCUT2D eigenvalue weighted by molar-refractivity contribution is 6.12. The van der Waals surface area contributed by atoms with Crippen LogP contribution in [0.15, 0.2) is 224 Å². The van der Waals surface area contributed by atoms with Gasteiger partial charge in [0.1, 0.15) is 0 Å². The molecule has 1 aromatic heterocycles. The Morgan fingerprint density at radius 2 is 0.818 bits per heavy atom. The Labute approximate surface area is 389 Å². The molecule has 0 aliphatic heterocycles. The molecule has 1 heterocycles. The second-order valence-electron chi connectivity index (χ2n) is 17.2. The van der Waals surface area contributed by atoms with Crippen LogP contribution in [0.2, 0.25) is 0 Å². The highest BCUT2D eigenvalue weighted by atomic mass is 15.2. The Kier molecular flexibility index (Phi) is 12.0. The smallest absolute Gasteiger partial charge is 0.0842 e. The number of hydrogen-bond donors (Lipinski definition) is 2. The maximum Gasteiger partial charge on any atom is 0.0842 e. The van der Waals surface area contributed by atoms with Gasteiger partial charge in [-0.15, -0.1) is 0 Å². The van der Waals surface area contributed by atoms with Gasteiger partial charge in [0.25, 0.3) is 0 Å². The average Bonchev–Trinajstić information content (AvgIpc) is 3.68. The molecule has 2 unspecified atom stereocenters. The number of nitrogens with zero attached hydrogens (tertiary/aromatic N) is 3. The number of para-hydroxylation sites is 4. The lowest BCUT2D eigenvalue weighted by atomic mass is 9.96. The monoisotopic (exact) mass is 857 g/mol. The van der Waals surface area contributed by atoms with Crippen molar-refractivity contribution in [3.8, 4) is 5.69 Å². The SMILES string of the molecule is Cc1cc(CNC(NC(C)c2ccccc2)c2ccccc2)c(C)c(C)c1-n1c2ccc(N(c3ccccc3)c3ccccc3)cc2c2cc(N(c3ccccc3)c3ccccc3)ccc21. The maximum atomic E-state index is 3.92. The molecule has 66 heavy (non-hydrogen) atoms. The van der Waals surface area contributed by atoms with Crippen LogP contribution in [0.25, 0.3) is 27.5 Å². The molecule has 2 atom stereocenters. The van der Waals surface area contributed by atoms with Crippen molar-refractivity contribution in [1.29, 1.82) is 0 Å². The minimum atomic E-state index is -0.0421. The lowest BCUT2D eigenvalue weighted by Gasteiger charge is -2.27. The van der Waals surface area contributed by atoms with Crippen LogP contribution in [0.1, 0.15) is 52.5 Å². The third kappa shape index (κ3) is 8.38. The summed E-state index contributed by atoms with van der Waals surface area (Å²) in [6.07, 6.45) is -0.0421. The van der Waals surface area contributed by atoms with Crippen LogP contribution in [0, 0.1) is 20.8 Å². The minimum Gasteiger partial charge on any atom is -0.310 e. The summed E-state index contributed by atoms with van der Waals surface area (Å²) >= 11 is 0. The first-order valence-corrected chi connectivity index (χ1v) is 23.0. The van der Waals surface area contributed by atoms with Crippen LogP contribution >= 0.6 is 0 Å². The van der Waals surface area contributed by atoms with Gasteiger partial charge in [0.05, 0.1) is 22.9 Å². The van der Waals surface area contributed by atoms with Crippen molar-refractivity contribution in [2.45, 2.75) is 46.4 Å². The molecule has 10 rings (SSSR count). The normalized spacial score (nSPS) is 12.3. The van der Waals surface area contributed by atoms with Crippen molar-refractivity contribution in [3.05, 3.63) is 258 Å². The van der Waals surface area contributed by atoms with E-state index in [-0.39, 0.29) is 12.2 Å². The summed E-state index contributed by atoms with van der Waals surface area (Å²) in [4.78, 5) is 4.71. The van der Waals surface area contributed by atoms with Gasteiger partial charge in [0.15, 0.2) is 0 Å². The molecule has 9 aromatic carbocycles. The maximum absolute atomic E-state index is 3.92. The summed E-state index contributed by atoms with van der Waals surface area (Å²) in [5.74, 6) is 0. The van der Waals surface area contributed by atoms with Crippen molar-refractivity contribution in [2.75, 3.05) is 9.80 Å². The molecule has 324 valence electrons. The van der Waals surface area contributed by atoms with Crippen LogP contribution in [-0.4, -0.2) is 4.57 Å². The van der Waals surface area contributed by atoms with E-state index in [2.05, 4.69) is 277 Å². The topological polar surface area (TPSA) is 35.5 Å². The molecular formula is C61H55N5. The summed E-state index contributed by atoms with van der Waals surface area (Å²) in [5.41, 5.74) is 17.7. The predicted molar refractivity (Wildman–Crippen MR) is 278 cm³/mol. The van der Waals surface area contributed by atoms with Crippen LogP contribution in [0.3, 0.4) is 0 Å². The molecule has 0 saturated carbocycles. The number of anilines is 6. The Morgan fingerprint density at radius 1 is 0.424 bits per heavy atom. The van der Waals surface area contributed by atoms with E-state index < -0.39 is 0 Å². The van der Waals surface area contributed by atoms with Gasteiger partial charge in [-0.2, -0.15) is 0 Å². The van der Waals surface area contributed by atoms with Crippen LogP contribution in [0.5, 0.6) is 0 Å². The van der Waals surface area contributed by atoms with Gasteiger partial charge in [0, 0.05) is 57.5 Å². The molecule has 0 fully saturated rings. The molecule has 0 aliphatic carbocycles. The van der Waals surface area contributed by atoms with Crippen molar-refractivity contribution < 1.29 is 0 Å². The lowest BCUT2D eigenvalue weighted by molar-refractivity contribution is 0.394. The molecule has 2 N–H and O–H groups in total. The van der Waals surface area contributed by atoms with Crippen molar-refractivity contribution >= 4 is 55.9 Å². The first kappa shape index (κ1) is 42.3. The fourth-order valence-corrected chi connectivity index (χ4v) is 9.62. The van der Waals surface area contributed by atoms with Crippen molar-refractivity contribution in [3.63, 3.8) is 0 Å². The van der Waals surface area contributed by atoms with Gasteiger partial charge in [-0.1, -0.05) is 140 Å². The van der Waals surface area contributed by atoms with E-state index in [4.69, 9.17) is 0 Å². The van der Waals surface area contributed by atoms with Gasteiger partial charge in [0.2, 0.25) is 0 Å². The van der Waals surface area contributed by atoms with E-state index >= 15 is 0 Å². The molecule has 0 radical (unpaired) electrons. The number of fused-ring (bicyclic) bond motifs is 3. The summed E-state index contributed by atoms with van der Waals surface area (Å²) in [6.45, 7) is 9.80. The summed E-state index contributed by atoms with van der Waals surface area (Å²) in [6, 6.07) is 80.6. The number of aromatic nitrogens is 1. The molecular weight excluding hydrogens is 803 g/mol. The zero-order valence-electron chi connectivity index (χ0n) is 38.1. The van der Waals surface area contributed by atoms with Crippen molar-refractivity contribution in [2.24, 2.45) is 0 Å². The van der Waals surface area contributed by atoms with Crippen LogP contribution in [0.4, 0.5) is 34.1 Å². The molecule has 10 aromatic rings. The summed E-state index contributed by atoms with van der Waals surface area (Å²) < 4.78 is 2.51. The van der Waals surface area contributed by atoms with Gasteiger partial charge >= 0.3 is 0 Å². The van der Waals surface area contributed by atoms with Crippen molar-refractivity contribution in [1.82, 2.24) is 15.2 Å². The van der Waals surface area contributed by atoms with E-state index in [9.17, 15) is 0 Å². The molecule has 0 bridgehead atoms. The number of benzene rings is 9. The van der Waals surface area contributed by atoms with Gasteiger partial charge in [-0.05, 0) is 146 Å². The van der Waals surface area contributed by atoms with Gasteiger partial charge in [-0.3, -0.25) is 10.6 Å². The predicted octanol–water partition coefficient (Wildman–Crippen LogP) is 15.8. The second kappa shape index (κ2) is 18.8. The zero-order chi connectivity index (χ0) is 45.0. The Bertz CT molecular complexity index is 2990. The standard InChI is InChI=1S/C61H55N5/c1-43-39-49(42-62-61(48-25-13-6-14-26-48)63-46(4)47-23-11-5-12-24-47)44(2)45(3)60(43)66-58-37-35-54(64(50-27-15-7-16-28-50)51-29-17-8-18-30-51)40-56(58)57-41-55(36-38-59(57)66)65(52-31-19-9-20-32-52)53-33-21-10-22-34-53/h5-41,46,61-63H,42H2,1-4H3. The number of aryl methyl sites for hydroxylation is 1. The van der Waals surface area contributed by atoms with E-state index in [1.165, 1.54) is 49.8 Å².